The highest BCUT2D eigenvalue weighted by atomic mass is 32.2. The van der Waals surface area contributed by atoms with Gasteiger partial charge in [0.15, 0.2) is 9.84 Å². The van der Waals surface area contributed by atoms with Crippen molar-refractivity contribution in [3.05, 3.63) is 113 Å². The summed E-state index contributed by atoms with van der Waals surface area (Å²) in [5, 5.41) is 5.13. The molecule has 0 bridgehead atoms. The molecule has 4 aromatic carbocycles. The van der Waals surface area contributed by atoms with Gasteiger partial charge >= 0.3 is 0 Å². The lowest BCUT2D eigenvalue weighted by molar-refractivity contribution is -0.122. The van der Waals surface area contributed by atoms with Crippen molar-refractivity contribution in [2.75, 3.05) is 18.8 Å². The molecule has 0 aromatic heterocycles. The molecule has 0 saturated carbocycles. The summed E-state index contributed by atoms with van der Waals surface area (Å²) < 4.78 is 27.2. The number of aryl methyl sites for hydroxylation is 1. The number of rotatable bonds is 9. The van der Waals surface area contributed by atoms with Crippen LogP contribution in [0.4, 0.5) is 0 Å². The Hall–Kier alpha value is -3.48. The van der Waals surface area contributed by atoms with Crippen molar-refractivity contribution < 1.29 is 13.2 Å². The van der Waals surface area contributed by atoms with Crippen LogP contribution >= 0.6 is 0 Å². The fourth-order valence-corrected chi connectivity index (χ4v) is 8.11. The fraction of sp³-hybridized carbons (Fsp3) is 0.343. The Kier molecular flexibility index (Phi) is 8.22. The second kappa shape index (κ2) is 12.2. The van der Waals surface area contributed by atoms with Crippen molar-refractivity contribution in [2.24, 2.45) is 0 Å². The molecule has 2 aliphatic rings. The van der Waals surface area contributed by atoms with Gasteiger partial charge in [-0.25, -0.2) is 8.42 Å². The second-order valence-electron chi connectivity index (χ2n) is 11.6. The van der Waals surface area contributed by atoms with Crippen molar-refractivity contribution in [3.63, 3.8) is 0 Å². The molecule has 6 rings (SSSR count). The van der Waals surface area contributed by atoms with Gasteiger partial charge in [0.1, 0.15) is 0 Å². The highest BCUT2D eigenvalue weighted by Gasteiger charge is 2.28. The molecule has 1 aliphatic carbocycles. The van der Waals surface area contributed by atoms with Crippen LogP contribution in [0.15, 0.2) is 95.9 Å². The van der Waals surface area contributed by atoms with Gasteiger partial charge in [-0.15, -0.1) is 0 Å². The molecule has 1 unspecified atom stereocenters. The molecule has 5 nitrogen and oxygen atoms in total. The van der Waals surface area contributed by atoms with Gasteiger partial charge in [0, 0.05) is 18.9 Å². The van der Waals surface area contributed by atoms with Gasteiger partial charge in [0.05, 0.1) is 16.7 Å². The number of hydrogen-bond acceptors (Lipinski definition) is 4. The molecule has 0 spiro atoms. The number of sulfone groups is 1. The van der Waals surface area contributed by atoms with Gasteiger partial charge in [-0.05, 0) is 83.9 Å². The van der Waals surface area contributed by atoms with E-state index in [1.807, 2.05) is 60.7 Å². The Morgan fingerprint density at radius 3 is 2.41 bits per heavy atom. The third-order valence-corrected chi connectivity index (χ3v) is 10.5. The van der Waals surface area contributed by atoms with Crippen molar-refractivity contribution >= 4 is 26.5 Å². The van der Waals surface area contributed by atoms with Crippen LogP contribution < -0.4 is 5.32 Å². The number of carbonyl (C=O) groups excluding carboxylic acids is 1. The van der Waals surface area contributed by atoms with E-state index in [0.29, 0.717) is 4.90 Å². The monoisotopic (exact) mass is 566 g/mol. The molecule has 41 heavy (non-hydrogen) atoms. The smallest absolute Gasteiger partial charge is 0.221 e. The number of nitrogens with one attached hydrogen (secondary N) is 1. The number of carbonyl (C=O) groups is 1. The summed E-state index contributed by atoms with van der Waals surface area (Å²) in [5.41, 5.74) is 4.73. The highest BCUT2D eigenvalue weighted by Crippen LogP contribution is 2.33. The predicted molar refractivity (Wildman–Crippen MR) is 165 cm³/mol. The van der Waals surface area contributed by atoms with Crippen molar-refractivity contribution in [1.29, 1.82) is 0 Å². The summed E-state index contributed by atoms with van der Waals surface area (Å²) >= 11 is 0. The lowest BCUT2D eigenvalue weighted by Crippen LogP contribution is -2.30. The van der Waals surface area contributed by atoms with E-state index in [4.69, 9.17) is 0 Å². The molecule has 2 atom stereocenters. The summed E-state index contributed by atoms with van der Waals surface area (Å²) in [7, 11) is -3.62. The summed E-state index contributed by atoms with van der Waals surface area (Å²) in [4.78, 5) is 16.2. The van der Waals surface area contributed by atoms with Crippen LogP contribution in [0.5, 0.6) is 0 Å². The van der Waals surface area contributed by atoms with Crippen LogP contribution in [-0.4, -0.2) is 38.1 Å². The molecule has 0 radical (unpaired) electrons. The topological polar surface area (TPSA) is 66.5 Å². The van der Waals surface area contributed by atoms with E-state index in [9.17, 15) is 13.2 Å². The molecule has 1 heterocycles. The van der Waals surface area contributed by atoms with Gasteiger partial charge in [0.2, 0.25) is 5.91 Å². The molecule has 4 aromatic rings. The molecular formula is C35H38N2O3S. The minimum Gasteiger partial charge on any atom is -0.349 e. The number of hydrogen-bond donors (Lipinski definition) is 1. The Balaban J connectivity index is 1.15. The minimum absolute atomic E-state index is 0.0324. The molecule has 1 amide bonds. The predicted octanol–water partition coefficient (Wildman–Crippen LogP) is 6.58. The molecule has 1 N–H and O–H groups in total. The van der Waals surface area contributed by atoms with Crippen molar-refractivity contribution in [1.82, 2.24) is 10.2 Å². The first-order chi connectivity index (χ1) is 19.9. The summed E-state index contributed by atoms with van der Waals surface area (Å²) in [5.74, 6) is -0.674. The van der Waals surface area contributed by atoms with Crippen LogP contribution in [-0.2, 0) is 27.6 Å². The zero-order valence-corrected chi connectivity index (χ0v) is 24.3. The Morgan fingerprint density at radius 2 is 1.61 bits per heavy atom. The highest BCUT2D eigenvalue weighted by molar-refractivity contribution is 7.91. The zero-order chi connectivity index (χ0) is 28.2. The molecule has 212 valence electrons. The summed E-state index contributed by atoms with van der Waals surface area (Å²) in [6.45, 7) is 3.35. The molecule has 1 saturated heterocycles. The number of fused-ring (bicyclic) bond motifs is 2. The van der Waals surface area contributed by atoms with Crippen LogP contribution in [0.25, 0.3) is 10.8 Å². The molecule has 6 heteroatoms. The number of nitrogens with zero attached hydrogens (tertiary/aromatic N) is 1. The van der Waals surface area contributed by atoms with E-state index >= 15 is 0 Å². The summed E-state index contributed by atoms with van der Waals surface area (Å²) in [6.07, 6.45) is 5.85. The normalized spacial score (nSPS) is 18.2. The molecule has 1 aliphatic heterocycles. The van der Waals surface area contributed by atoms with E-state index in [2.05, 4.69) is 28.4 Å². The number of amides is 1. The zero-order valence-electron chi connectivity index (χ0n) is 23.5. The standard InChI is InChI=1S/C35H38N2O3S/c38-35(36-34-18-15-30-21-26(13-17-33(30)34)24-37-19-7-2-8-20-37)23-31(27-9-3-1-4-10-27)25-41(39,40)32-16-14-28-11-5-6-12-29(28)22-32/h1,3-6,9-14,16-17,21-22,31,34H,2,7-8,15,18-20,23-25H2,(H,36,38)/t31?,34-/m1/s1. The van der Waals surface area contributed by atoms with Gasteiger partial charge < -0.3 is 5.32 Å². The third kappa shape index (κ3) is 6.55. The van der Waals surface area contributed by atoms with Gasteiger partial charge in [-0.3, -0.25) is 9.69 Å². The van der Waals surface area contributed by atoms with Crippen LogP contribution in [0.2, 0.25) is 0 Å². The number of piperidine rings is 1. The average Bonchev–Trinajstić information content (AvgIpc) is 3.39. The quantitative estimate of drug-likeness (QED) is 0.249. The second-order valence-corrected chi connectivity index (χ2v) is 13.7. The van der Waals surface area contributed by atoms with Crippen molar-refractivity contribution in [3.8, 4) is 0 Å². The first-order valence-electron chi connectivity index (χ1n) is 14.8. The first kappa shape index (κ1) is 27.7. The van der Waals surface area contributed by atoms with E-state index in [1.165, 1.54) is 49.0 Å². The average molecular weight is 567 g/mol. The Morgan fingerprint density at radius 1 is 0.854 bits per heavy atom. The maximum atomic E-state index is 13.6. The lowest BCUT2D eigenvalue weighted by Gasteiger charge is -2.26. The molecule has 1 fully saturated rings. The van der Waals surface area contributed by atoms with E-state index in [-0.39, 0.29) is 24.1 Å². The van der Waals surface area contributed by atoms with E-state index in [0.717, 1.165) is 35.7 Å². The largest absolute Gasteiger partial charge is 0.349 e. The third-order valence-electron chi connectivity index (χ3n) is 8.68. The minimum atomic E-state index is -3.62. The van der Waals surface area contributed by atoms with E-state index < -0.39 is 15.8 Å². The Labute approximate surface area is 243 Å². The Bertz CT molecular complexity index is 1630. The molecular weight excluding hydrogens is 528 g/mol. The maximum Gasteiger partial charge on any atom is 0.221 e. The van der Waals surface area contributed by atoms with Crippen LogP contribution in [0.3, 0.4) is 0 Å². The fourth-order valence-electron chi connectivity index (χ4n) is 6.49. The SMILES string of the molecule is O=C(CC(CS(=O)(=O)c1ccc2ccccc2c1)c1ccccc1)N[C@@H]1CCc2cc(CN3CCCCC3)ccc21. The van der Waals surface area contributed by atoms with Crippen LogP contribution in [0.1, 0.15) is 66.3 Å². The van der Waals surface area contributed by atoms with Gasteiger partial charge in [-0.2, -0.15) is 0 Å². The maximum absolute atomic E-state index is 13.6. The van der Waals surface area contributed by atoms with Gasteiger partial charge in [0.25, 0.3) is 0 Å². The first-order valence-corrected chi connectivity index (χ1v) is 16.5. The van der Waals surface area contributed by atoms with E-state index in [1.54, 1.807) is 12.1 Å². The number of likely N-dealkylation sites (tertiary alicyclic amines) is 1. The lowest BCUT2D eigenvalue weighted by atomic mass is 9.97. The van der Waals surface area contributed by atoms with Gasteiger partial charge in [-0.1, -0.05) is 85.3 Å². The van der Waals surface area contributed by atoms with Crippen LogP contribution in [0, 0.1) is 0 Å². The van der Waals surface area contributed by atoms with Crippen molar-refractivity contribution in [2.45, 2.75) is 61.9 Å². The number of benzene rings is 4. The summed E-state index contributed by atoms with van der Waals surface area (Å²) in [6, 6.07) is 29.2.